The smallest absolute Gasteiger partial charge is 0.119 e. The molecule has 12 heteroatoms. The van der Waals surface area contributed by atoms with Gasteiger partial charge in [-0.3, -0.25) is 0 Å². The highest BCUT2D eigenvalue weighted by Crippen LogP contribution is 2.15. The third-order valence-corrected chi connectivity index (χ3v) is 7.16. The summed E-state index contributed by atoms with van der Waals surface area (Å²) in [5, 5.41) is 0. The molecule has 0 fully saturated rings. The first-order chi connectivity index (χ1) is 24.9. The van der Waals surface area contributed by atoms with Crippen LogP contribution in [0.1, 0.15) is 57.9 Å². The Kier molecular flexibility index (Phi) is 37.6. The van der Waals surface area contributed by atoms with Crippen LogP contribution in [0.15, 0.2) is 24.3 Å². The van der Waals surface area contributed by atoms with E-state index in [1.54, 1.807) is 0 Å². The molecule has 1 rings (SSSR count). The Bertz CT molecular complexity index is 771. The van der Waals surface area contributed by atoms with Crippen molar-refractivity contribution in [2.75, 3.05) is 152 Å². The van der Waals surface area contributed by atoms with Gasteiger partial charge >= 0.3 is 0 Å². The number of hydrogen-bond acceptors (Lipinski definition) is 12. The third-order valence-electron chi connectivity index (χ3n) is 7.16. The van der Waals surface area contributed by atoms with Gasteiger partial charge in [0.15, 0.2) is 0 Å². The molecule has 1 aromatic rings. The average molecular weight is 719 g/mol. The molecule has 0 bridgehead atoms. The van der Waals surface area contributed by atoms with Gasteiger partial charge < -0.3 is 56.8 Å². The summed E-state index contributed by atoms with van der Waals surface area (Å²) in [4.78, 5) is 0. The van der Waals surface area contributed by atoms with Gasteiger partial charge in [0.05, 0.1) is 139 Å². The van der Waals surface area contributed by atoms with Crippen LogP contribution < -0.4 is 4.74 Å². The lowest BCUT2D eigenvalue weighted by Gasteiger charge is -2.09. The van der Waals surface area contributed by atoms with E-state index in [0.29, 0.717) is 152 Å². The Balaban J connectivity index is 1.68. The third kappa shape index (κ3) is 35.0. The number of ether oxygens (including phenoxy) is 12. The van der Waals surface area contributed by atoms with Gasteiger partial charge in [-0.2, -0.15) is 0 Å². The van der Waals surface area contributed by atoms with Gasteiger partial charge in [0, 0.05) is 6.61 Å². The van der Waals surface area contributed by atoms with Gasteiger partial charge in [0.1, 0.15) is 12.4 Å². The highest BCUT2D eigenvalue weighted by molar-refractivity contribution is 5.27. The van der Waals surface area contributed by atoms with Crippen LogP contribution >= 0.6 is 0 Å². The Morgan fingerprint density at radius 2 is 0.620 bits per heavy atom. The first-order valence-electron chi connectivity index (χ1n) is 18.9. The van der Waals surface area contributed by atoms with Crippen LogP contribution in [0.5, 0.6) is 5.75 Å². The SMILES string of the molecule is CCCCCCCCc1ccc(OCCOCCOCCOCCOCCOCCOCCOCCOCCOCCOCCOCC)cc1. The minimum Gasteiger partial charge on any atom is -0.491 e. The molecular formula is C38H70O12. The Morgan fingerprint density at radius 3 is 0.960 bits per heavy atom. The van der Waals surface area contributed by atoms with Gasteiger partial charge in [0.25, 0.3) is 0 Å². The van der Waals surface area contributed by atoms with Gasteiger partial charge in [-0.15, -0.1) is 0 Å². The average Bonchev–Trinajstić information content (AvgIpc) is 3.13. The summed E-state index contributed by atoms with van der Waals surface area (Å²) in [6, 6.07) is 8.44. The monoisotopic (exact) mass is 718 g/mol. The molecule has 0 N–H and O–H groups in total. The minimum absolute atomic E-state index is 0.515. The van der Waals surface area contributed by atoms with Gasteiger partial charge in [-0.05, 0) is 37.5 Å². The van der Waals surface area contributed by atoms with Gasteiger partial charge in [-0.1, -0.05) is 51.2 Å². The van der Waals surface area contributed by atoms with E-state index in [2.05, 4.69) is 31.2 Å². The fourth-order valence-corrected chi connectivity index (χ4v) is 4.42. The number of aryl methyl sites for hydroxylation is 1. The molecule has 294 valence electrons. The summed E-state index contributed by atoms with van der Waals surface area (Å²) in [7, 11) is 0. The zero-order valence-electron chi connectivity index (χ0n) is 31.4. The second-order valence-corrected chi connectivity index (χ2v) is 11.3. The molecular weight excluding hydrogens is 648 g/mol. The standard InChI is InChI=1S/C38H70O12/c1-3-5-6-7-8-9-10-37-11-13-38(14-12-37)50-36-35-49-34-33-48-32-31-47-30-29-46-28-27-45-26-25-44-24-23-43-22-21-42-20-19-41-18-17-40-16-15-39-4-2/h11-14H,3-10,15-36H2,1-2H3. The molecule has 0 aliphatic heterocycles. The maximum Gasteiger partial charge on any atom is 0.119 e. The Morgan fingerprint density at radius 1 is 0.320 bits per heavy atom. The van der Waals surface area contributed by atoms with Crippen molar-refractivity contribution in [1.29, 1.82) is 0 Å². The predicted molar refractivity (Wildman–Crippen MR) is 194 cm³/mol. The summed E-state index contributed by atoms with van der Waals surface area (Å²) in [6.45, 7) is 16.7. The molecule has 0 atom stereocenters. The molecule has 0 unspecified atom stereocenters. The largest absolute Gasteiger partial charge is 0.491 e. The first-order valence-corrected chi connectivity index (χ1v) is 18.9. The maximum atomic E-state index is 5.77. The van der Waals surface area contributed by atoms with Crippen molar-refractivity contribution < 1.29 is 56.8 Å². The van der Waals surface area contributed by atoms with Crippen LogP contribution in [0.4, 0.5) is 0 Å². The molecule has 0 amide bonds. The second-order valence-electron chi connectivity index (χ2n) is 11.3. The molecule has 1 aromatic carbocycles. The van der Waals surface area contributed by atoms with Crippen molar-refractivity contribution >= 4 is 0 Å². The van der Waals surface area contributed by atoms with Crippen molar-refractivity contribution in [3.05, 3.63) is 29.8 Å². The van der Waals surface area contributed by atoms with Crippen molar-refractivity contribution in [2.45, 2.75) is 58.8 Å². The quantitative estimate of drug-likeness (QED) is 0.0832. The highest BCUT2D eigenvalue weighted by Gasteiger charge is 1.99. The zero-order valence-corrected chi connectivity index (χ0v) is 31.4. The Labute approximate surface area is 302 Å². The summed E-state index contributed by atoms with van der Waals surface area (Å²) in [5.41, 5.74) is 1.38. The molecule has 0 radical (unpaired) electrons. The molecule has 0 heterocycles. The van der Waals surface area contributed by atoms with E-state index in [1.807, 2.05) is 6.92 Å². The topological polar surface area (TPSA) is 111 Å². The molecule has 0 saturated heterocycles. The molecule has 0 aliphatic rings. The van der Waals surface area contributed by atoms with Gasteiger partial charge in [-0.25, -0.2) is 0 Å². The lowest BCUT2D eigenvalue weighted by atomic mass is 10.0. The number of unbranched alkanes of at least 4 members (excludes halogenated alkanes) is 5. The maximum absolute atomic E-state index is 5.77. The summed E-state index contributed by atoms with van der Waals surface area (Å²) in [5.74, 6) is 0.886. The highest BCUT2D eigenvalue weighted by atomic mass is 16.6. The van der Waals surface area contributed by atoms with Crippen LogP contribution in [0.2, 0.25) is 0 Å². The number of rotatable bonds is 42. The normalized spacial score (nSPS) is 11.5. The van der Waals surface area contributed by atoms with E-state index in [9.17, 15) is 0 Å². The van der Waals surface area contributed by atoms with Crippen molar-refractivity contribution in [1.82, 2.24) is 0 Å². The molecule has 50 heavy (non-hydrogen) atoms. The van der Waals surface area contributed by atoms with Crippen molar-refractivity contribution in [2.24, 2.45) is 0 Å². The van der Waals surface area contributed by atoms with E-state index in [-0.39, 0.29) is 0 Å². The summed E-state index contributed by atoms with van der Waals surface area (Å²) < 4.78 is 65.9. The second kappa shape index (κ2) is 40.4. The Hall–Kier alpha value is -1.42. The number of benzene rings is 1. The molecule has 0 aromatic heterocycles. The lowest BCUT2D eigenvalue weighted by molar-refractivity contribution is -0.0276. The van der Waals surface area contributed by atoms with Crippen LogP contribution in [0.3, 0.4) is 0 Å². The van der Waals surface area contributed by atoms with Crippen LogP contribution in [0, 0.1) is 0 Å². The minimum atomic E-state index is 0.515. The fraction of sp³-hybridized carbons (Fsp3) is 0.842. The number of hydrogen-bond donors (Lipinski definition) is 0. The predicted octanol–water partition coefficient (Wildman–Crippen LogP) is 5.17. The molecule has 12 nitrogen and oxygen atoms in total. The van der Waals surface area contributed by atoms with E-state index in [0.717, 1.165) is 12.2 Å². The van der Waals surface area contributed by atoms with Crippen LogP contribution in [0.25, 0.3) is 0 Å². The van der Waals surface area contributed by atoms with Gasteiger partial charge in [0.2, 0.25) is 0 Å². The van der Waals surface area contributed by atoms with Crippen molar-refractivity contribution in [3.63, 3.8) is 0 Å². The van der Waals surface area contributed by atoms with E-state index < -0.39 is 0 Å². The molecule has 0 saturated carbocycles. The van der Waals surface area contributed by atoms with E-state index >= 15 is 0 Å². The molecule has 0 aliphatic carbocycles. The summed E-state index contributed by atoms with van der Waals surface area (Å²) in [6.07, 6.45) is 9.09. The lowest BCUT2D eigenvalue weighted by Crippen LogP contribution is -2.15. The summed E-state index contributed by atoms with van der Waals surface area (Å²) >= 11 is 0. The van der Waals surface area contributed by atoms with E-state index in [4.69, 9.17) is 56.8 Å². The van der Waals surface area contributed by atoms with Crippen LogP contribution in [-0.4, -0.2) is 152 Å². The zero-order chi connectivity index (χ0) is 35.7. The van der Waals surface area contributed by atoms with E-state index in [1.165, 1.54) is 44.1 Å². The molecule has 0 spiro atoms. The van der Waals surface area contributed by atoms with Crippen LogP contribution in [-0.2, 0) is 58.5 Å². The first kappa shape index (κ1) is 46.6. The van der Waals surface area contributed by atoms with Crippen molar-refractivity contribution in [3.8, 4) is 5.75 Å². The fourth-order valence-electron chi connectivity index (χ4n) is 4.42.